The lowest BCUT2D eigenvalue weighted by Gasteiger charge is -2.20. The molecule has 0 spiro atoms. The molecule has 0 saturated carbocycles. The van der Waals surface area contributed by atoms with Crippen LogP contribution in [0.1, 0.15) is 0 Å². The van der Waals surface area contributed by atoms with Crippen LogP contribution in [-0.4, -0.2) is 51.6 Å². The number of benzene rings is 1. The molecule has 0 aliphatic carbocycles. The number of hydrogen-bond acceptors (Lipinski definition) is 7. The molecule has 0 bridgehead atoms. The van der Waals surface area contributed by atoms with E-state index in [2.05, 4.69) is 15.1 Å². The van der Waals surface area contributed by atoms with E-state index in [0.29, 0.717) is 11.4 Å². The maximum Gasteiger partial charge on any atom is 0.259 e. The molecule has 7 nitrogen and oxygen atoms in total. The summed E-state index contributed by atoms with van der Waals surface area (Å²) in [6.45, 7) is -0.0654. The van der Waals surface area contributed by atoms with Crippen LogP contribution in [0.4, 0.5) is 10.2 Å². The minimum absolute atomic E-state index is 0.167. The highest BCUT2D eigenvalue weighted by Gasteiger charge is 2.15. The van der Waals surface area contributed by atoms with Gasteiger partial charge in [0, 0.05) is 19.8 Å². The van der Waals surface area contributed by atoms with Gasteiger partial charge in [-0.05, 0) is 24.3 Å². The van der Waals surface area contributed by atoms with Crippen molar-refractivity contribution in [3.05, 3.63) is 48.4 Å². The highest BCUT2D eigenvalue weighted by atomic mass is 19.1. The zero-order valence-corrected chi connectivity index (χ0v) is 13.5. The number of aliphatic hydroxyl groups excluding tert-OH is 2. The van der Waals surface area contributed by atoms with E-state index in [1.165, 1.54) is 6.07 Å². The second kappa shape index (κ2) is 7.37. The monoisotopic (exact) mass is 344 g/mol. The van der Waals surface area contributed by atoms with E-state index in [0.717, 1.165) is 0 Å². The number of likely N-dealkylation sites (N-methyl/N-ethyl adjacent to an activating group) is 1. The summed E-state index contributed by atoms with van der Waals surface area (Å²) in [6, 6.07) is 9.66. The lowest BCUT2D eigenvalue weighted by molar-refractivity contribution is 0.101. The summed E-state index contributed by atoms with van der Waals surface area (Å²) in [6.07, 6.45) is 0.709. The van der Waals surface area contributed by atoms with Gasteiger partial charge in [-0.3, -0.25) is 0 Å². The number of hydrogen-bond donors (Lipinski definition) is 2. The van der Waals surface area contributed by atoms with Crippen molar-refractivity contribution in [2.75, 3.05) is 25.1 Å². The Morgan fingerprint density at radius 1 is 1.24 bits per heavy atom. The number of anilines is 1. The fourth-order valence-electron chi connectivity index (χ4n) is 2.30. The number of halogens is 1. The van der Waals surface area contributed by atoms with Crippen molar-refractivity contribution in [2.24, 2.45) is 0 Å². The van der Waals surface area contributed by atoms with Gasteiger partial charge in [0.05, 0.1) is 23.8 Å². The molecule has 2 aromatic heterocycles. The topological polar surface area (TPSA) is 95.5 Å². The molecule has 25 heavy (non-hydrogen) atoms. The highest BCUT2D eigenvalue weighted by molar-refractivity contribution is 5.60. The van der Waals surface area contributed by atoms with Gasteiger partial charge in [0.1, 0.15) is 11.6 Å². The summed E-state index contributed by atoms with van der Waals surface area (Å²) < 4.78 is 19.0. The summed E-state index contributed by atoms with van der Waals surface area (Å²) in [7, 11) is 1.75. The van der Waals surface area contributed by atoms with Crippen molar-refractivity contribution in [2.45, 2.75) is 6.10 Å². The van der Waals surface area contributed by atoms with E-state index in [1.54, 1.807) is 48.5 Å². The number of nitrogens with zero attached hydrogens (tertiary/aromatic N) is 4. The smallest absolute Gasteiger partial charge is 0.259 e. The van der Waals surface area contributed by atoms with Gasteiger partial charge < -0.3 is 19.6 Å². The van der Waals surface area contributed by atoms with Gasteiger partial charge in [-0.15, -0.1) is 0 Å². The van der Waals surface area contributed by atoms with Crippen LogP contribution in [0.2, 0.25) is 0 Å². The van der Waals surface area contributed by atoms with Crippen LogP contribution in [0.3, 0.4) is 0 Å². The normalized spacial score (nSPS) is 12.2. The number of rotatable bonds is 6. The summed E-state index contributed by atoms with van der Waals surface area (Å²) in [4.78, 5) is 10.2. The molecule has 0 unspecified atom stereocenters. The van der Waals surface area contributed by atoms with E-state index >= 15 is 0 Å². The molecular weight excluding hydrogens is 327 g/mol. The molecule has 2 heterocycles. The SMILES string of the molecule is CN(C[C@H](O)CO)c1ccc(-c2nc(-c3ccccc3F)no2)cn1. The lowest BCUT2D eigenvalue weighted by atomic mass is 10.2. The quantitative estimate of drug-likeness (QED) is 0.703. The molecule has 0 saturated heterocycles. The second-order valence-corrected chi connectivity index (χ2v) is 5.52. The van der Waals surface area contributed by atoms with Crippen LogP contribution >= 0.6 is 0 Å². The second-order valence-electron chi connectivity index (χ2n) is 5.52. The third-order valence-electron chi connectivity index (χ3n) is 3.62. The fraction of sp³-hybridized carbons (Fsp3) is 0.235. The number of pyridine rings is 1. The number of aromatic nitrogens is 3. The first kappa shape index (κ1) is 17.0. The summed E-state index contributed by atoms with van der Waals surface area (Å²) >= 11 is 0. The number of aliphatic hydroxyl groups is 2. The molecule has 3 aromatic rings. The molecule has 2 N–H and O–H groups in total. The molecule has 3 rings (SSSR count). The Morgan fingerprint density at radius 2 is 2.04 bits per heavy atom. The van der Waals surface area contributed by atoms with Crippen LogP contribution < -0.4 is 4.90 Å². The predicted octanol–water partition coefficient (Wildman–Crippen LogP) is 1.73. The van der Waals surface area contributed by atoms with Crippen LogP contribution in [-0.2, 0) is 0 Å². The first-order valence-corrected chi connectivity index (χ1v) is 7.63. The predicted molar refractivity (Wildman–Crippen MR) is 89.3 cm³/mol. The van der Waals surface area contributed by atoms with Crippen molar-refractivity contribution in [3.63, 3.8) is 0 Å². The molecule has 0 aliphatic rings. The van der Waals surface area contributed by atoms with Gasteiger partial charge in [0.25, 0.3) is 5.89 Å². The summed E-state index contributed by atoms with van der Waals surface area (Å²) in [5.74, 6) is 0.591. The van der Waals surface area contributed by atoms with E-state index in [4.69, 9.17) is 9.63 Å². The minimum atomic E-state index is -0.842. The van der Waals surface area contributed by atoms with Crippen molar-refractivity contribution >= 4 is 5.82 Å². The van der Waals surface area contributed by atoms with Gasteiger partial charge in [0.2, 0.25) is 5.82 Å². The summed E-state index contributed by atoms with van der Waals surface area (Å²) in [5, 5.41) is 22.2. The third kappa shape index (κ3) is 3.81. The molecule has 0 amide bonds. The van der Waals surface area contributed by atoms with E-state index < -0.39 is 11.9 Å². The average molecular weight is 344 g/mol. The van der Waals surface area contributed by atoms with Gasteiger partial charge >= 0.3 is 0 Å². The van der Waals surface area contributed by atoms with Gasteiger partial charge in [-0.2, -0.15) is 4.98 Å². The van der Waals surface area contributed by atoms with E-state index in [9.17, 15) is 9.50 Å². The lowest BCUT2D eigenvalue weighted by Crippen LogP contribution is -2.31. The highest BCUT2D eigenvalue weighted by Crippen LogP contribution is 2.24. The Hall–Kier alpha value is -2.84. The first-order chi connectivity index (χ1) is 12.1. The Labute approximate surface area is 143 Å². The molecule has 0 radical (unpaired) electrons. The Balaban J connectivity index is 1.78. The molecular formula is C17H17FN4O3. The zero-order valence-electron chi connectivity index (χ0n) is 13.5. The van der Waals surface area contributed by atoms with Crippen molar-refractivity contribution in [1.82, 2.24) is 15.1 Å². The average Bonchev–Trinajstić information content (AvgIpc) is 3.12. The van der Waals surface area contributed by atoms with Crippen LogP contribution in [0.5, 0.6) is 0 Å². The Kier molecular flexibility index (Phi) is 5.01. The Bertz CT molecular complexity index is 838. The molecule has 8 heteroatoms. The van der Waals surface area contributed by atoms with Crippen LogP contribution in [0.25, 0.3) is 22.8 Å². The van der Waals surface area contributed by atoms with E-state index in [-0.39, 0.29) is 30.4 Å². The Morgan fingerprint density at radius 3 is 2.72 bits per heavy atom. The largest absolute Gasteiger partial charge is 0.394 e. The van der Waals surface area contributed by atoms with Gasteiger partial charge in [-0.1, -0.05) is 17.3 Å². The van der Waals surface area contributed by atoms with Crippen molar-refractivity contribution in [1.29, 1.82) is 0 Å². The molecule has 0 aliphatic heterocycles. The van der Waals surface area contributed by atoms with Crippen molar-refractivity contribution < 1.29 is 19.1 Å². The van der Waals surface area contributed by atoms with E-state index in [1.807, 2.05) is 0 Å². The standard InChI is InChI=1S/C17H17FN4O3/c1-22(9-12(24)10-23)15-7-6-11(8-19-15)17-20-16(21-25-17)13-4-2-3-5-14(13)18/h2-8,12,23-24H,9-10H2,1H3/t12-/m0/s1. The van der Waals surface area contributed by atoms with Crippen molar-refractivity contribution in [3.8, 4) is 22.8 Å². The summed E-state index contributed by atoms with van der Waals surface area (Å²) in [5.41, 5.74) is 0.856. The molecule has 130 valence electrons. The maximum absolute atomic E-state index is 13.8. The molecule has 1 aromatic carbocycles. The molecule has 1 atom stereocenters. The third-order valence-corrected chi connectivity index (χ3v) is 3.62. The maximum atomic E-state index is 13.8. The van der Waals surface area contributed by atoms with Gasteiger partial charge in [-0.25, -0.2) is 9.37 Å². The molecule has 0 fully saturated rings. The van der Waals surface area contributed by atoms with Crippen LogP contribution in [0, 0.1) is 5.82 Å². The zero-order chi connectivity index (χ0) is 17.8. The minimum Gasteiger partial charge on any atom is -0.394 e. The van der Waals surface area contributed by atoms with Gasteiger partial charge in [0.15, 0.2) is 0 Å². The first-order valence-electron chi connectivity index (χ1n) is 7.63. The van der Waals surface area contributed by atoms with Crippen LogP contribution in [0.15, 0.2) is 47.1 Å². The fourth-order valence-corrected chi connectivity index (χ4v) is 2.30.